The van der Waals surface area contributed by atoms with Crippen molar-refractivity contribution in [3.8, 4) is 11.3 Å². The molecular weight excluding hydrogens is 354 g/mol. The standard InChI is InChI=1S/C24H18ClNO/c1-16-7-9-17(10-8-16)23(27)14-12-20-21-15-19(25)11-13-22(21)26-24(20)18-5-3-2-4-6-18/h2-15,26H,1H3/b14-12+. The minimum absolute atomic E-state index is 0.0228. The van der Waals surface area contributed by atoms with Gasteiger partial charge in [-0.1, -0.05) is 71.8 Å². The van der Waals surface area contributed by atoms with Gasteiger partial charge in [-0.05, 0) is 42.8 Å². The van der Waals surface area contributed by atoms with Crippen LogP contribution in [-0.4, -0.2) is 10.8 Å². The molecule has 0 aliphatic rings. The molecule has 0 unspecified atom stereocenters. The Hall–Kier alpha value is -3.10. The van der Waals surface area contributed by atoms with E-state index in [2.05, 4.69) is 4.98 Å². The summed E-state index contributed by atoms with van der Waals surface area (Å²) in [5, 5.41) is 1.66. The number of fused-ring (bicyclic) bond motifs is 1. The summed E-state index contributed by atoms with van der Waals surface area (Å²) in [6, 6.07) is 23.4. The first-order valence-corrected chi connectivity index (χ1v) is 9.15. The van der Waals surface area contributed by atoms with Crippen molar-refractivity contribution in [2.45, 2.75) is 6.92 Å². The van der Waals surface area contributed by atoms with Gasteiger partial charge < -0.3 is 4.98 Å². The third kappa shape index (κ3) is 3.57. The summed E-state index contributed by atoms with van der Waals surface area (Å²) in [6.45, 7) is 2.01. The quantitative estimate of drug-likeness (QED) is 0.314. The number of aromatic nitrogens is 1. The lowest BCUT2D eigenvalue weighted by Crippen LogP contribution is -1.93. The number of aryl methyl sites for hydroxylation is 1. The van der Waals surface area contributed by atoms with Crippen molar-refractivity contribution in [2.24, 2.45) is 0 Å². The molecule has 1 N–H and O–H groups in total. The maximum atomic E-state index is 12.6. The van der Waals surface area contributed by atoms with Gasteiger partial charge in [-0.15, -0.1) is 0 Å². The normalized spacial score (nSPS) is 11.3. The van der Waals surface area contributed by atoms with Crippen molar-refractivity contribution in [3.05, 3.63) is 101 Å². The number of H-pyrrole nitrogens is 1. The topological polar surface area (TPSA) is 32.9 Å². The molecule has 0 fully saturated rings. The summed E-state index contributed by atoms with van der Waals surface area (Å²) in [6.07, 6.45) is 3.50. The van der Waals surface area contributed by atoms with Gasteiger partial charge in [0.2, 0.25) is 0 Å². The smallest absolute Gasteiger partial charge is 0.185 e. The fourth-order valence-corrected chi connectivity index (χ4v) is 3.34. The first-order valence-electron chi connectivity index (χ1n) is 8.77. The van der Waals surface area contributed by atoms with E-state index in [1.807, 2.05) is 85.8 Å². The summed E-state index contributed by atoms with van der Waals surface area (Å²) in [4.78, 5) is 16.0. The van der Waals surface area contributed by atoms with Crippen LogP contribution in [0.3, 0.4) is 0 Å². The molecule has 0 saturated carbocycles. The van der Waals surface area contributed by atoms with Crippen molar-refractivity contribution < 1.29 is 4.79 Å². The molecule has 27 heavy (non-hydrogen) atoms. The number of aromatic amines is 1. The molecule has 0 amide bonds. The molecule has 3 aromatic carbocycles. The number of hydrogen-bond acceptors (Lipinski definition) is 1. The molecule has 0 saturated heterocycles. The molecule has 0 spiro atoms. The van der Waals surface area contributed by atoms with Crippen LogP contribution in [-0.2, 0) is 0 Å². The van der Waals surface area contributed by atoms with E-state index in [1.165, 1.54) is 0 Å². The minimum Gasteiger partial charge on any atom is -0.354 e. The number of ketones is 1. The van der Waals surface area contributed by atoms with Crippen LogP contribution in [0.25, 0.3) is 28.2 Å². The van der Waals surface area contributed by atoms with Gasteiger partial charge >= 0.3 is 0 Å². The van der Waals surface area contributed by atoms with Gasteiger partial charge in [0.05, 0.1) is 5.69 Å². The molecule has 132 valence electrons. The van der Waals surface area contributed by atoms with Gasteiger partial charge in [-0.2, -0.15) is 0 Å². The van der Waals surface area contributed by atoms with Crippen LogP contribution in [0.5, 0.6) is 0 Å². The van der Waals surface area contributed by atoms with Crippen LogP contribution >= 0.6 is 11.6 Å². The third-order valence-corrected chi connectivity index (χ3v) is 4.84. The Morgan fingerprint density at radius 1 is 0.963 bits per heavy atom. The van der Waals surface area contributed by atoms with E-state index in [4.69, 9.17) is 11.6 Å². The lowest BCUT2D eigenvalue weighted by Gasteiger charge is -2.01. The second-order valence-corrected chi connectivity index (χ2v) is 6.97. The second-order valence-electron chi connectivity index (χ2n) is 6.53. The lowest BCUT2D eigenvalue weighted by molar-refractivity contribution is 0.104. The van der Waals surface area contributed by atoms with Gasteiger partial charge in [0.1, 0.15) is 0 Å². The summed E-state index contributed by atoms with van der Waals surface area (Å²) < 4.78 is 0. The average Bonchev–Trinajstić information content (AvgIpc) is 3.05. The summed E-state index contributed by atoms with van der Waals surface area (Å²) in [5.41, 5.74) is 5.79. The predicted molar refractivity (Wildman–Crippen MR) is 113 cm³/mol. The first kappa shape index (κ1) is 17.3. The zero-order chi connectivity index (χ0) is 18.8. The highest BCUT2D eigenvalue weighted by molar-refractivity contribution is 6.31. The molecule has 0 aliphatic carbocycles. The molecule has 0 bridgehead atoms. The largest absolute Gasteiger partial charge is 0.354 e. The molecule has 2 nitrogen and oxygen atoms in total. The van der Waals surface area contributed by atoms with Gasteiger partial charge in [0.25, 0.3) is 0 Å². The summed E-state index contributed by atoms with van der Waals surface area (Å²) >= 11 is 6.21. The van der Waals surface area contributed by atoms with Crippen molar-refractivity contribution in [2.75, 3.05) is 0 Å². The highest BCUT2D eigenvalue weighted by Gasteiger charge is 2.12. The Morgan fingerprint density at radius 3 is 2.44 bits per heavy atom. The SMILES string of the molecule is Cc1ccc(C(=O)/C=C/c2c(-c3ccccc3)[nH]c3ccc(Cl)cc23)cc1. The third-order valence-electron chi connectivity index (χ3n) is 4.60. The fraction of sp³-hybridized carbons (Fsp3) is 0.0417. The first-order chi connectivity index (χ1) is 13.1. The summed E-state index contributed by atoms with van der Waals surface area (Å²) in [5.74, 6) is -0.0228. The van der Waals surface area contributed by atoms with Crippen molar-refractivity contribution in [3.63, 3.8) is 0 Å². The van der Waals surface area contributed by atoms with Gasteiger partial charge in [0, 0.05) is 27.1 Å². The molecule has 4 rings (SSSR count). The van der Waals surface area contributed by atoms with E-state index in [0.717, 1.165) is 33.3 Å². The van der Waals surface area contributed by atoms with Gasteiger partial charge in [-0.3, -0.25) is 4.79 Å². The van der Waals surface area contributed by atoms with Gasteiger partial charge in [-0.25, -0.2) is 0 Å². The Balaban J connectivity index is 1.80. The maximum absolute atomic E-state index is 12.6. The fourth-order valence-electron chi connectivity index (χ4n) is 3.16. The summed E-state index contributed by atoms with van der Waals surface area (Å²) in [7, 11) is 0. The number of hydrogen-bond donors (Lipinski definition) is 1. The highest BCUT2D eigenvalue weighted by atomic mass is 35.5. The maximum Gasteiger partial charge on any atom is 0.185 e. The lowest BCUT2D eigenvalue weighted by atomic mass is 10.0. The number of halogens is 1. The van der Waals surface area contributed by atoms with Crippen molar-refractivity contribution >= 4 is 34.4 Å². The second kappa shape index (κ2) is 7.26. The van der Waals surface area contributed by atoms with Crippen LogP contribution in [0, 0.1) is 6.92 Å². The number of rotatable bonds is 4. The molecular formula is C24H18ClNO. The van der Waals surface area contributed by atoms with Crippen molar-refractivity contribution in [1.82, 2.24) is 4.98 Å². The van der Waals surface area contributed by atoms with E-state index in [0.29, 0.717) is 10.6 Å². The van der Waals surface area contributed by atoms with Crippen LogP contribution in [0.2, 0.25) is 5.02 Å². The Bertz CT molecular complexity index is 1140. The molecule has 0 aliphatic heterocycles. The molecule has 0 atom stereocenters. The Labute approximate surface area is 163 Å². The van der Waals surface area contributed by atoms with E-state index < -0.39 is 0 Å². The van der Waals surface area contributed by atoms with E-state index in [1.54, 1.807) is 6.08 Å². The highest BCUT2D eigenvalue weighted by Crippen LogP contribution is 2.33. The molecule has 4 aromatic rings. The van der Waals surface area contributed by atoms with Gasteiger partial charge in [0.15, 0.2) is 5.78 Å². The molecule has 3 heteroatoms. The number of allylic oxidation sites excluding steroid dienone is 1. The number of carbonyl (C=O) groups is 1. The Kier molecular flexibility index (Phi) is 4.66. The predicted octanol–water partition coefficient (Wildman–Crippen LogP) is 6.69. The van der Waals surface area contributed by atoms with Crippen LogP contribution < -0.4 is 0 Å². The monoisotopic (exact) mass is 371 g/mol. The number of nitrogens with one attached hydrogen (secondary N) is 1. The van der Waals surface area contributed by atoms with Crippen LogP contribution in [0.4, 0.5) is 0 Å². The molecule has 0 radical (unpaired) electrons. The number of benzene rings is 3. The molecule has 1 aromatic heterocycles. The Morgan fingerprint density at radius 2 is 1.70 bits per heavy atom. The van der Waals surface area contributed by atoms with E-state index in [9.17, 15) is 4.79 Å². The zero-order valence-corrected chi connectivity index (χ0v) is 15.6. The van der Waals surface area contributed by atoms with Crippen LogP contribution in [0.15, 0.2) is 78.9 Å². The minimum atomic E-state index is -0.0228. The van der Waals surface area contributed by atoms with E-state index >= 15 is 0 Å². The zero-order valence-electron chi connectivity index (χ0n) is 14.9. The van der Waals surface area contributed by atoms with E-state index in [-0.39, 0.29) is 5.78 Å². The van der Waals surface area contributed by atoms with Crippen LogP contribution in [0.1, 0.15) is 21.5 Å². The van der Waals surface area contributed by atoms with Crippen molar-refractivity contribution in [1.29, 1.82) is 0 Å². The molecule has 1 heterocycles. The average molecular weight is 372 g/mol. The number of carbonyl (C=O) groups excluding carboxylic acids is 1.